The summed E-state index contributed by atoms with van der Waals surface area (Å²) in [5.74, 6) is 0.813. The molecule has 1 unspecified atom stereocenters. The van der Waals surface area contributed by atoms with E-state index in [2.05, 4.69) is 39.9 Å². The average Bonchev–Trinajstić information content (AvgIpc) is 3.13. The summed E-state index contributed by atoms with van der Waals surface area (Å²) >= 11 is 0. The predicted octanol–water partition coefficient (Wildman–Crippen LogP) is 2.75. The SMILES string of the molecule is O=C(CCC1CCNC1)NCc1ccc(-c2cccnc2)cc1. The van der Waals surface area contributed by atoms with E-state index in [1.54, 1.807) is 6.20 Å². The van der Waals surface area contributed by atoms with Crippen LogP contribution >= 0.6 is 0 Å². The van der Waals surface area contributed by atoms with Crippen molar-refractivity contribution in [1.29, 1.82) is 0 Å². The quantitative estimate of drug-likeness (QED) is 0.862. The third-order valence-corrected chi connectivity index (χ3v) is 4.38. The van der Waals surface area contributed by atoms with Gasteiger partial charge in [0.15, 0.2) is 0 Å². The van der Waals surface area contributed by atoms with Gasteiger partial charge in [0.25, 0.3) is 0 Å². The van der Waals surface area contributed by atoms with Crippen LogP contribution in [0.5, 0.6) is 0 Å². The maximum absolute atomic E-state index is 11.9. The lowest BCUT2D eigenvalue weighted by Gasteiger charge is -2.09. The number of nitrogens with one attached hydrogen (secondary N) is 2. The first-order valence-electron chi connectivity index (χ1n) is 8.28. The molecule has 1 saturated heterocycles. The second kappa shape index (κ2) is 7.88. The summed E-state index contributed by atoms with van der Waals surface area (Å²) < 4.78 is 0. The standard InChI is InChI=1S/C19H23N3O/c23-19(8-5-16-9-11-21-12-16)22-13-15-3-6-17(7-4-15)18-2-1-10-20-14-18/h1-4,6-7,10,14,16,21H,5,8-9,11-13H2,(H,22,23). The van der Waals surface area contributed by atoms with Gasteiger partial charge in [0.2, 0.25) is 5.91 Å². The third-order valence-electron chi connectivity index (χ3n) is 4.38. The number of aromatic nitrogens is 1. The van der Waals surface area contributed by atoms with Crippen LogP contribution in [0.2, 0.25) is 0 Å². The van der Waals surface area contributed by atoms with Crippen LogP contribution in [-0.2, 0) is 11.3 Å². The van der Waals surface area contributed by atoms with Gasteiger partial charge in [-0.05, 0) is 54.6 Å². The third kappa shape index (κ3) is 4.63. The van der Waals surface area contributed by atoms with Crippen molar-refractivity contribution in [2.24, 2.45) is 5.92 Å². The van der Waals surface area contributed by atoms with E-state index < -0.39 is 0 Å². The number of pyridine rings is 1. The van der Waals surface area contributed by atoms with Gasteiger partial charge in [-0.25, -0.2) is 0 Å². The molecule has 0 spiro atoms. The van der Waals surface area contributed by atoms with Crippen molar-refractivity contribution in [3.63, 3.8) is 0 Å². The average molecular weight is 309 g/mol. The van der Waals surface area contributed by atoms with Crippen molar-refractivity contribution in [2.75, 3.05) is 13.1 Å². The van der Waals surface area contributed by atoms with Gasteiger partial charge in [0.1, 0.15) is 0 Å². The van der Waals surface area contributed by atoms with E-state index in [4.69, 9.17) is 0 Å². The van der Waals surface area contributed by atoms with Crippen LogP contribution in [0.4, 0.5) is 0 Å². The zero-order valence-electron chi connectivity index (χ0n) is 13.3. The van der Waals surface area contributed by atoms with Gasteiger partial charge in [-0.15, -0.1) is 0 Å². The second-order valence-electron chi connectivity index (χ2n) is 6.11. The molecule has 120 valence electrons. The number of hydrogen-bond donors (Lipinski definition) is 2. The van der Waals surface area contributed by atoms with Crippen LogP contribution in [-0.4, -0.2) is 24.0 Å². The van der Waals surface area contributed by atoms with Gasteiger partial charge in [-0.3, -0.25) is 9.78 Å². The summed E-state index contributed by atoms with van der Waals surface area (Å²) in [6.07, 6.45) is 6.44. The molecule has 1 aliphatic heterocycles. The molecule has 4 heteroatoms. The van der Waals surface area contributed by atoms with E-state index in [-0.39, 0.29) is 5.91 Å². The Morgan fingerprint density at radius 2 is 2.09 bits per heavy atom. The Kier molecular flexibility index (Phi) is 5.37. The molecule has 1 aromatic carbocycles. The Morgan fingerprint density at radius 1 is 1.22 bits per heavy atom. The predicted molar refractivity (Wildman–Crippen MR) is 91.7 cm³/mol. The van der Waals surface area contributed by atoms with Crippen molar-refractivity contribution in [3.8, 4) is 11.1 Å². The van der Waals surface area contributed by atoms with E-state index in [1.165, 1.54) is 6.42 Å². The van der Waals surface area contributed by atoms with Crippen molar-refractivity contribution in [2.45, 2.75) is 25.8 Å². The summed E-state index contributed by atoms with van der Waals surface area (Å²) in [6, 6.07) is 12.2. The van der Waals surface area contributed by atoms with Crippen molar-refractivity contribution >= 4 is 5.91 Å². The molecule has 3 rings (SSSR count). The zero-order chi connectivity index (χ0) is 15.9. The largest absolute Gasteiger partial charge is 0.352 e. The van der Waals surface area contributed by atoms with Crippen molar-refractivity contribution in [3.05, 3.63) is 54.4 Å². The molecule has 2 heterocycles. The maximum Gasteiger partial charge on any atom is 0.220 e. The highest BCUT2D eigenvalue weighted by Crippen LogP contribution is 2.18. The Balaban J connectivity index is 1.45. The second-order valence-corrected chi connectivity index (χ2v) is 6.11. The highest BCUT2D eigenvalue weighted by molar-refractivity contribution is 5.75. The van der Waals surface area contributed by atoms with Crippen LogP contribution in [0.15, 0.2) is 48.8 Å². The smallest absolute Gasteiger partial charge is 0.220 e. The first-order valence-corrected chi connectivity index (χ1v) is 8.28. The van der Waals surface area contributed by atoms with E-state index in [1.807, 2.05) is 18.3 Å². The molecule has 23 heavy (non-hydrogen) atoms. The molecule has 1 atom stereocenters. The Labute approximate surface area is 137 Å². The molecule has 1 fully saturated rings. The molecule has 1 aromatic heterocycles. The number of amides is 1. The van der Waals surface area contributed by atoms with E-state index in [0.29, 0.717) is 18.9 Å². The molecule has 4 nitrogen and oxygen atoms in total. The topological polar surface area (TPSA) is 54.0 Å². The number of rotatable bonds is 6. The Morgan fingerprint density at radius 3 is 2.78 bits per heavy atom. The van der Waals surface area contributed by atoms with Gasteiger partial charge in [-0.2, -0.15) is 0 Å². The molecule has 1 amide bonds. The number of carbonyl (C=O) groups is 1. The molecule has 0 aliphatic carbocycles. The lowest BCUT2D eigenvalue weighted by molar-refractivity contribution is -0.121. The van der Waals surface area contributed by atoms with Gasteiger partial charge >= 0.3 is 0 Å². The molecule has 1 aliphatic rings. The highest BCUT2D eigenvalue weighted by atomic mass is 16.1. The van der Waals surface area contributed by atoms with Gasteiger partial charge in [-0.1, -0.05) is 30.3 Å². The van der Waals surface area contributed by atoms with Crippen LogP contribution in [0.1, 0.15) is 24.8 Å². The van der Waals surface area contributed by atoms with E-state index in [9.17, 15) is 4.79 Å². The monoisotopic (exact) mass is 309 g/mol. The van der Waals surface area contributed by atoms with Crippen molar-refractivity contribution in [1.82, 2.24) is 15.6 Å². The summed E-state index contributed by atoms with van der Waals surface area (Å²) in [7, 11) is 0. The number of nitrogens with zero attached hydrogens (tertiary/aromatic N) is 1. The van der Waals surface area contributed by atoms with Crippen LogP contribution in [0.25, 0.3) is 11.1 Å². The Bertz CT molecular complexity index is 619. The summed E-state index contributed by atoms with van der Waals surface area (Å²) in [6.45, 7) is 2.74. The summed E-state index contributed by atoms with van der Waals surface area (Å²) in [5, 5.41) is 6.35. The maximum atomic E-state index is 11.9. The lowest BCUT2D eigenvalue weighted by Crippen LogP contribution is -2.23. The first kappa shape index (κ1) is 15.7. The molecular weight excluding hydrogens is 286 g/mol. The molecule has 2 aromatic rings. The van der Waals surface area contributed by atoms with Crippen LogP contribution in [0, 0.1) is 5.92 Å². The lowest BCUT2D eigenvalue weighted by atomic mass is 10.0. The molecular formula is C19H23N3O. The summed E-state index contributed by atoms with van der Waals surface area (Å²) in [5.41, 5.74) is 3.36. The van der Waals surface area contributed by atoms with Gasteiger partial charge in [0, 0.05) is 25.4 Å². The number of carbonyl (C=O) groups excluding carboxylic acids is 1. The fourth-order valence-corrected chi connectivity index (χ4v) is 2.93. The summed E-state index contributed by atoms with van der Waals surface area (Å²) in [4.78, 5) is 16.1. The fraction of sp³-hybridized carbons (Fsp3) is 0.368. The Hall–Kier alpha value is -2.20. The van der Waals surface area contributed by atoms with Crippen LogP contribution in [0.3, 0.4) is 0 Å². The fourth-order valence-electron chi connectivity index (χ4n) is 2.93. The number of benzene rings is 1. The van der Waals surface area contributed by atoms with E-state index >= 15 is 0 Å². The van der Waals surface area contributed by atoms with Crippen molar-refractivity contribution < 1.29 is 4.79 Å². The van der Waals surface area contributed by atoms with Gasteiger partial charge < -0.3 is 10.6 Å². The molecule has 0 bridgehead atoms. The molecule has 0 radical (unpaired) electrons. The minimum absolute atomic E-state index is 0.147. The van der Waals surface area contributed by atoms with Crippen LogP contribution < -0.4 is 10.6 Å². The van der Waals surface area contributed by atoms with E-state index in [0.717, 1.165) is 36.2 Å². The van der Waals surface area contributed by atoms with Gasteiger partial charge in [0.05, 0.1) is 0 Å². The molecule has 2 N–H and O–H groups in total. The number of hydrogen-bond acceptors (Lipinski definition) is 3. The zero-order valence-corrected chi connectivity index (χ0v) is 13.3. The minimum Gasteiger partial charge on any atom is -0.352 e. The first-order chi connectivity index (χ1) is 11.3. The normalized spacial score (nSPS) is 17.1. The minimum atomic E-state index is 0.147. The highest BCUT2D eigenvalue weighted by Gasteiger charge is 2.15. The molecule has 0 saturated carbocycles.